The molecule has 0 fully saturated rings. The second kappa shape index (κ2) is 7.34. The number of unbranched alkanes of at least 4 members (excludes halogenated alkanes) is 2. The number of benzene rings is 1. The van der Waals surface area contributed by atoms with Crippen molar-refractivity contribution in [2.24, 2.45) is 0 Å². The number of thioether (sulfide) groups is 1. The highest BCUT2D eigenvalue weighted by molar-refractivity contribution is 7.99. The summed E-state index contributed by atoms with van der Waals surface area (Å²) in [5.74, 6) is 0.384. The number of hydrogen-bond acceptors (Lipinski definition) is 2. The lowest BCUT2D eigenvalue weighted by molar-refractivity contribution is -0.137. The molecule has 0 radical (unpaired) electrons. The van der Waals surface area contributed by atoms with Gasteiger partial charge in [-0.25, -0.2) is 0 Å². The van der Waals surface area contributed by atoms with Gasteiger partial charge in [0, 0.05) is 11.3 Å². The molecule has 0 unspecified atom stereocenters. The topological polar surface area (TPSA) is 37.3 Å². The summed E-state index contributed by atoms with van der Waals surface area (Å²) in [7, 11) is 0. The number of carboxylic acids is 1. The minimum atomic E-state index is -0.689. The molecule has 0 amide bonds. The van der Waals surface area contributed by atoms with E-state index in [0.29, 0.717) is 6.42 Å². The molecule has 1 N–H and O–H groups in total. The molecule has 3 heteroatoms. The van der Waals surface area contributed by atoms with Crippen LogP contribution in [0.4, 0.5) is 0 Å². The molecule has 0 heterocycles. The van der Waals surface area contributed by atoms with Crippen LogP contribution in [-0.2, 0) is 4.79 Å². The summed E-state index contributed by atoms with van der Waals surface area (Å²) < 4.78 is 0. The second-order valence-electron chi connectivity index (χ2n) is 3.87. The predicted molar refractivity (Wildman–Crippen MR) is 68.0 cm³/mol. The van der Waals surface area contributed by atoms with E-state index in [1.807, 2.05) is 11.8 Å². The predicted octanol–water partition coefficient (Wildman–Crippen LogP) is 3.73. The number of aryl methyl sites for hydroxylation is 1. The van der Waals surface area contributed by atoms with Crippen molar-refractivity contribution in [1.29, 1.82) is 0 Å². The molecule has 0 saturated carbocycles. The summed E-state index contributed by atoms with van der Waals surface area (Å²) in [5, 5.41) is 8.47. The van der Waals surface area contributed by atoms with Gasteiger partial charge < -0.3 is 5.11 Å². The Balaban J connectivity index is 2.09. The van der Waals surface area contributed by atoms with Crippen LogP contribution in [0, 0.1) is 6.92 Å². The van der Waals surface area contributed by atoms with E-state index in [0.717, 1.165) is 25.0 Å². The van der Waals surface area contributed by atoms with E-state index < -0.39 is 5.97 Å². The first-order chi connectivity index (χ1) is 7.68. The van der Waals surface area contributed by atoms with Gasteiger partial charge in [-0.15, -0.1) is 11.8 Å². The largest absolute Gasteiger partial charge is 0.481 e. The second-order valence-corrected chi connectivity index (χ2v) is 5.04. The molecular formula is C13H18O2S. The van der Waals surface area contributed by atoms with Gasteiger partial charge in [0.15, 0.2) is 0 Å². The number of rotatable bonds is 7. The minimum Gasteiger partial charge on any atom is -0.481 e. The van der Waals surface area contributed by atoms with E-state index >= 15 is 0 Å². The zero-order valence-electron chi connectivity index (χ0n) is 9.61. The first-order valence-corrected chi connectivity index (χ1v) is 6.58. The van der Waals surface area contributed by atoms with E-state index in [9.17, 15) is 4.79 Å². The minimum absolute atomic E-state index is 0.301. The number of carbonyl (C=O) groups is 1. The van der Waals surface area contributed by atoms with Crippen molar-refractivity contribution in [2.75, 3.05) is 5.75 Å². The van der Waals surface area contributed by atoms with Crippen molar-refractivity contribution in [3.05, 3.63) is 29.8 Å². The fourth-order valence-corrected chi connectivity index (χ4v) is 2.48. The first kappa shape index (κ1) is 13.1. The van der Waals surface area contributed by atoms with E-state index in [1.54, 1.807) is 0 Å². The molecule has 0 aromatic heterocycles. The van der Waals surface area contributed by atoms with E-state index in [1.165, 1.54) is 10.5 Å². The highest BCUT2D eigenvalue weighted by atomic mass is 32.2. The van der Waals surface area contributed by atoms with Gasteiger partial charge in [-0.05, 0) is 37.7 Å². The lowest BCUT2D eigenvalue weighted by Gasteiger charge is -2.02. The molecule has 0 bridgehead atoms. The fraction of sp³-hybridized carbons (Fsp3) is 0.462. The maximum atomic E-state index is 10.3. The Morgan fingerprint density at radius 3 is 2.81 bits per heavy atom. The Kier molecular flexibility index (Phi) is 6.01. The summed E-state index contributed by atoms with van der Waals surface area (Å²) in [4.78, 5) is 11.6. The average Bonchev–Trinajstić information content (AvgIpc) is 2.23. The quantitative estimate of drug-likeness (QED) is 0.581. The van der Waals surface area contributed by atoms with Crippen molar-refractivity contribution in [3.8, 4) is 0 Å². The third-order valence-corrected chi connectivity index (χ3v) is 3.37. The van der Waals surface area contributed by atoms with E-state index in [2.05, 4.69) is 31.2 Å². The normalized spacial score (nSPS) is 10.3. The highest BCUT2D eigenvalue weighted by Gasteiger charge is 1.97. The lowest BCUT2D eigenvalue weighted by Crippen LogP contribution is -1.93. The van der Waals surface area contributed by atoms with Crippen LogP contribution in [-0.4, -0.2) is 16.8 Å². The van der Waals surface area contributed by atoms with Gasteiger partial charge in [-0.2, -0.15) is 0 Å². The third-order valence-electron chi connectivity index (χ3n) is 2.29. The fourth-order valence-electron chi connectivity index (χ4n) is 1.45. The SMILES string of the molecule is Cc1cccc(SCCCCCC(=O)O)c1. The molecule has 1 aromatic rings. The number of hydrogen-bond donors (Lipinski definition) is 1. The summed E-state index contributed by atoms with van der Waals surface area (Å²) in [5.41, 5.74) is 1.29. The highest BCUT2D eigenvalue weighted by Crippen LogP contribution is 2.20. The molecule has 1 aromatic carbocycles. The maximum Gasteiger partial charge on any atom is 0.303 e. The summed E-state index contributed by atoms with van der Waals surface area (Å²) in [6.07, 6.45) is 3.19. The Morgan fingerprint density at radius 1 is 1.31 bits per heavy atom. The van der Waals surface area contributed by atoms with Crippen LogP contribution in [0.25, 0.3) is 0 Å². The van der Waals surface area contributed by atoms with Gasteiger partial charge in [0.2, 0.25) is 0 Å². The molecule has 1 rings (SSSR count). The molecule has 88 valence electrons. The molecule has 0 aliphatic carbocycles. The van der Waals surface area contributed by atoms with Crippen LogP contribution in [0.5, 0.6) is 0 Å². The smallest absolute Gasteiger partial charge is 0.303 e. The molecule has 0 aliphatic heterocycles. The zero-order valence-corrected chi connectivity index (χ0v) is 10.4. The van der Waals surface area contributed by atoms with Crippen LogP contribution in [0.1, 0.15) is 31.2 Å². The molecule has 2 nitrogen and oxygen atoms in total. The van der Waals surface area contributed by atoms with Crippen molar-refractivity contribution < 1.29 is 9.90 Å². The third kappa shape index (κ3) is 5.81. The Hall–Kier alpha value is -0.960. The van der Waals surface area contributed by atoms with Crippen LogP contribution < -0.4 is 0 Å². The first-order valence-electron chi connectivity index (χ1n) is 5.60. The van der Waals surface area contributed by atoms with Crippen LogP contribution in [0.2, 0.25) is 0 Å². The van der Waals surface area contributed by atoms with Gasteiger partial charge in [-0.1, -0.05) is 24.1 Å². The Bertz CT molecular complexity index is 336. The Labute approximate surface area is 101 Å². The molecular weight excluding hydrogens is 220 g/mol. The van der Waals surface area contributed by atoms with Crippen molar-refractivity contribution in [1.82, 2.24) is 0 Å². The van der Waals surface area contributed by atoms with Crippen LogP contribution in [0.3, 0.4) is 0 Å². The number of aliphatic carboxylic acids is 1. The summed E-state index contributed by atoms with van der Waals surface area (Å²) >= 11 is 1.85. The van der Waals surface area contributed by atoms with Crippen molar-refractivity contribution in [2.45, 2.75) is 37.5 Å². The molecule has 0 spiro atoms. The van der Waals surface area contributed by atoms with Gasteiger partial charge in [0.1, 0.15) is 0 Å². The Morgan fingerprint density at radius 2 is 2.12 bits per heavy atom. The molecule has 0 aliphatic rings. The summed E-state index contributed by atoms with van der Waals surface area (Å²) in [6, 6.07) is 8.47. The van der Waals surface area contributed by atoms with Gasteiger partial charge in [0.25, 0.3) is 0 Å². The van der Waals surface area contributed by atoms with E-state index in [-0.39, 0.29) is 0 Å². The zero-order chi connectivity index (χ0) is 11.8. The maximum absolute atomic E-state index is 10.3. The standard InChI is InChI=1S/C13H18O2S/c1-11-6-5-7-12(10-11)16-9-4-2-3-8-13(14)15/h5-7,10H,2-4,8-9H2,1H3,(H,14,15). The summed E-state index contributed by atoms with van der Waals surface area (Å²) in [6.45, 7) is 2.09. The van der Waals surface area contributed by atoms with Crippen molar-refractivity contribution >= 4 is 17.7 Å². The average molecular weight is 238 g/mol. The molecule has 0 atom stereocenters. The molecule has 16 heavy (non-hydrogen) atoms. The number of carboxylic acid groups (broad SMARTS) is 1. The van der Waals surface area contributed by atoms with Crippen LogP contribution >= 0.6 is 11.8 Å². The van der Waals surface area contributed by atoms with Gasteiger partial charge in [0.05, 0.1) is 0 Å². The molecule has 0 saturated heterocycles. The van der Waals surface area contributed by atoms with Gasteiger partial charge in [-0.3, -0.25) is 4.79 Å². The van der Waals surface area contributed by atoms with Crippen molar-refractivity contribution in [3.63, 3.8) is 0 Å². The van der Waals surface area contributed by atoms with E-state index in [4.69, 9.17) is 5.11 Å². The van der Waals surface area contributed by atoms with Crippen LogP contribution in [0.15, 0.2) is 29.2 Å². The van der Waals surface area contributed by atoms with Gasteiger partial charge >= 0.3 is 5.97 Å². The monoisotopic (exact) mass is 238 g/mol. The lowest BCUT2D eigenvalue weighted by atomic mass is 10.2.